The molecule has 0 unspecified atom stereocenters. The van der Waals surface area contributed by atoms with E-state index in [9.17, 15) is 29.3 Å². The normalized spacial score (nSPS) is 15.2. The molecule has 1 saturated heterocycles. The molecule has 0 aromatic heterocycles. The number of ether oxygens (including phenoxy) is 1. The van der Waals surface area contributed by atoms with Gasteiger partial charge in [-0.2, -0.15) is 0 Å². The maximum atomic E-state index is 12.3. The van der Waals surface area contributed by atoms with Crippen molar-refractivity contribution in [2.24, 2.45) is 5.92 Å². The maximum Gasteiger partial charge on any atom is 0.311 e. The van der Waals surface area contributed by atoms with Crippen LogP contribution in [0.1, 0.15) is 22.3 Å². The van der Waals surface area contributed by atoms with Gasteiger partial charge in [0.15, 0.2) is 6.61 Å². The number of carbonyl (C=O) groups is 4. The number of nitro benzene ring substituents is 1. The number of hydrogen-bond acceptors (Lipinski definition) is 7. The van der Waals surface area contributed by atoms with Crippen molar-refractivity contribution in [3.05, 3.63) is 69.8 Å². The Morgan fingerprint density at radius 1 is 1.19 bits per heavy atom. The fourth-order valence-corrected chi connectivity index (χ4v) is 3.10. The Morgan fingerprint density at radius 3 is 2.66 bits per heavy atom. The second-order valence-corrected chi connectivity index (χ2v) is 7.18. The van der Waals surface area contributed by atoms with Crippen molar-refractivity contribution in [3.63, 3.8) is 0 Å². The van der Waals surface area contributed by atoms with E-state index >= 15 is 0 Å². The van der Waals surface area contributed by atoms with Crippen molar-refractivity contribution in [1.29, 1.82) is 0 Å². The zero-order chi connectivity index (χ0) is 23.3. The lowest BCUT2D eigenvalue weighted by molar-refractivity contribution is -0.384. The third-order valence-electron chi connectivity index (χ3n) is 4.66. The Kier molecular flexibility index (Phi) is 6.78. The van der Waals surface area contributed by atoms with Crippen LogP contribution in [0.25, 0.3) is 0 Å². The number of hydrogen-bond donors (Lipinski definition) is 2. The van der Waals surface area contributed by atoms with E-state index < -0.39 is 41.1 Å². The third-order valence-corrected chi connectivity index (χ3v) is 4.66. The van der Waals surface area contributed by atoms with Gasteiger partial charge in [-0.3, -0.25) is 39.7 Å². The molecule has 3 amide bonds. The van der Waals surface area contributed by atoms with Crippen molar-refractivity contribution in [2.45, 2.75) is 13.3 Å². The lowest BCUT2D eigenvalue weighted by atomic mass is 10.1. The Labute approximate surface area is 182 Å². The van der Waals surface area contributed by atoms with Crippen LogP contribution in [0.5, 0.6) is 0 Å². The summed E-state index contributed by atoms with van der Waals surface area (Å²) in [6, 6.07) is 12.1. The quantitative estimate of drug-likeness (QED) is 0.377. The van der Waals surface area contributed by atoms with Crippen molar-refractivity contribution in [3.8, 4) is 0 Å². The summed E-state index contributed by atoms with van der Waals surface area (Å²) in [5, 5.41) is 14.2. The van der Waals surface area contributed by atoms with Crippen LogP contribution in [-0.2, 0) is 19.1 Å². The molecule has 0 saturated carbocycles. The van der Waals surface area contributed by atoms with Crippen LogP contribution in [0, 0.1) is 23.0 Å². The minimum Gasteiger partial charge on any atom is -0.455 e. The summed E-state index contributed by atoms with van der Waals surface area (Å²) in [5.74, 6) is -3.22. The van der Waals surface area contributed by atoms with Gasteiger partial charge >= 0.3 is 5.97 Å². The maximum absolute atomic E-state index is 12.3. The molecule has 1 aliphatic rings. The van der Waals surface area contributed by atoms with Gasteiger partial charge in [0.05, 0.1) is 17.4 Å². The molecule has 2 N–H and O–H groups in total. The molecule has 0 aliphatic carbocycles. The summed E-state index contributed by atoms with van der Waals surface area (Å²) in [7, 11) is 0. The van der Waals surface area contributed by atoms with Crippen LogP contribution in [0.3, 0.4) is 0 Å². The van der Waals surface area contributed by atoms with E-state index in [4.69, 9.17) is 4.74 Å². The molecule has 2 aromatic carbocycles. The second kappa shape index (κ2) is 9.69. The van der Waals surface area contributed by atoms with Crippen LogP contribution < -0.4 is 10.7 Å². The highest BCUT2D eigenvalue weighted by molar-refractivity contribution is 5.97. The highest BCUT2D eigenvalue weighted by Crippen LogP contribution is 2.19. The number of rotatable bonds is 7. The fourth-order valence-electron chi connectivity index (χ4n) is 3.10. The van der Waals surface area contributed by atoms with Gasteiger partial charge in [0, 0.05) is 29.8 Å². The average molecular weight is 440 g/mol. The first-order valence-corrected chi connectivity index (χ1v) is 9.62. The van der Waals surface area contributed by atoms with E-state index in [-0.39, 0.29) is 24.3 Å². The summed E-state index contributed by atoms with van der Waals surface area (Å²) in [6.45, 7) is 1.13. The van der Waals surface area contributed by atoms with Gasteiger partial charge in [0.1, 0.15) is 0 Å². The Bertz CT molecular complexity index is 1090. The van der Waals surface area contributed by atoms with E-state index in [1.165, 1.54) is 24.3 Å². The van der Waals surface area contributed by atoms with Gasteiger partial charge in [-0.25, -0.2) is 0 Å². The topological polar surface area (TPSA) is 148 Å². The fraction of sp³-hybridized carbons (Fsp3) is 0.238. The number of nitrogens with zero attached hydrogens (tertiary/aromatic N) is 2. The molecule has 166 valence electrons. The number of aryl methyl sites for hydroxylation is 1. The molecule has 0 radical (unpaired) electrons. The number of anilines is 1. The van der Waals surface area contributed by atoms with Gasteiger partial charge in [-0.1, -0.05) is 23.8 Å². The monoisotopic (exact) mass is 440 g/mol. The van der Waals surface area contributed by atoms with Crippen LogP contribution in [-0.4, -0.2) is 46.8 Å². The molecule has 1 atom stereocenters. The molecule has 2 aromatic rings. The van der Waals surface area contributed by atoms with Gasteiger partial charge in [-0.05, 0) is 25.1 Å². The summed E-state index contributed by atoms with van der Waals surface area (Å²) in [4.78, 5) is 58.9. The van der Waals surface area contributed by atoms with Crippen LogP contribution in [0.4, 0.5) is 11.4 Å². The van der Waals surface area contributed by atoms with Gasteiger partial charge in [0.2, 0.25) is 5.91 Å². The second-order valence-electron chi connectivity index (χ2n) is 7.18. The Morgan fingerprint density at radius 2 is 1.94 bits per heavy atom. The number of carbonyl (C=O) groups excluding carboxylic acids is 4. The lowest BCUT2D eigenvalue weighted by Crippen LogP contribution is -2.43. The van der Waals surface area contributed by atoms with Gasteiger partial charge in [-0.15, -0.1) is 0 Å². The SMILES string of the molecule is Cc1cccc(C(=O)NN2C[C@H](C(=O)OCC(=O)Nc3cccc([N+](=O)[O-])c3)CC2=O)c1. The predicted octanol–water partition coefficient (Wildman–Crippen LogP) is 1.58. The molecule has 1 aliphatic heterocycles. The minimum atomic E-state index is -0.842. The predicted molar refractivity (Wildman–Crippen MR) is 111 cm³/mol. The number of non-ortho nitro benzene ring substituents is 1. The summed E-state index contributed by atoms with van der Waals surface area (Å²) < 4.78 is 4.96. The number of nitrogens with one attached hydrogen (secondary N) is 2. The largest absolute Gasteiger partial charge is 0.455 e. The van der Waals surface area contributed by atoms with Crippen LogP contribution >= 0.6 is 0 Å². The third kappa shape index (κ3) is 5.65. The first kappa shape index (κ1) is 22.4. The van der Waals surface area contributed by atoms with E-state index in [1.807, 2.05) is 13.0 Å². The summed E-state index contributed by atoms with van der Waals surface area (Å²) >= 11 is 0. The molecular weight excluding hydrogens is 420 g/mol. The van der Waals surface area contributed by atoms with Crippen molar-refractivity contribution >= 4 is 35.1 Å². The standard InChI is InChI=1S/C21H20N4O7/c1-13-4-2-5-14(8-13)20(28)23-24-11-15(9-19(24)27)21(29)32-12-18(26)22-16-6-3-7-17(10-16)25(30)31/h2-8,10,15H,9,11-12H2,1H3,(H,22,26)(H,23,28)/t15-/m1/s1. The molecule has 32 heavy (non-hydrogen) atoms. The molecule has 1 heterocycles. The molecule has 0 bridgehead atoms. The number of esters is 1. The molecule has 1 fully saturated rings. The Balaban J connectivity index is 1.49. The molecule has 3 rings (SSSR count). The van der Waals surface area contributed by atoms with Crippen molar-refractivity contribution in [2.75, 3.05) is 18.5 Å². The number of nitro groups is 1. The van der Waals surface area contributed by atoms with Crippen molar-refractivity contribution in [1.82, 2.24) is 10.4 Å². The average Bonchev–Trinajstić information content (AvgIpc) is 3.12. The number of benzene rings is 2. The van der Waals surface area contributed by atoms with Crippen LogP contribution in [0.2, 0.25) is 0 Å². The van der Waals surface area contributed by atoms with E-state index in [1.54, 1.807) is 18.2 Å². The number of amides is 3. The Hall–Kier alpha value is -4.28. The van der Waals surface area contributed by atoms with Crippen molar-refractivity contribution < 1.29 is 28.8 Å². The minimum absolute atomic E-state index is 0.0816. The smallest absolute Gasteiger partial charge is 0.311 e. The van der Waals surface area contributed by atoms with E-state index in [0.29, 0.717) is 5.56 Å². The molecule has 11 nitrogen and oxygen atoms in total. The first-order chi connectivity index (χ1) is 15.2. The lowest BCUT2D eigenvalue weighted by Gasteiger charge is -2.17. The molecular formula is C21H20N4O7. The van der Waals surface area contributed by atoms with Gasteiger partial charge < -0.3 is 10.1 Å². The first-order valence-electron chi connectivity index (χ1n) is 9.62. The van der Waals surface area contributed by atoms with Crippen LogP contribution in [0.15, 0.2) is 48.5 Å². The summed E-state index contributed by atoms with van der Waals surface area (Å²) in [6.07, 6.45) is -0.167. The van der Waals surface area contributed by atoms with E-state index in [2.05, 4.69) is 10.7 Å². The zero-order valence-corrected chi connectivity index (χ0v) is 17.1. The molecule has 0 spiro atoms. The zero-order valence-electron chi connectivity index (χ0n) is 17.1. The highest BCUT2D eigenvalue weighted by Gasteiger charge is 2.36. The van der Waals surface area contributed by atoms with Gasteiger partial charge in [0.25, 0.3) is 17.5 Å². The molecule has 11 heteroatoms. The summed E-state index contributed by atoms with van der Waals surface area (Å²) in [5.41, 5.74) is 3.72. The number of hydrazine groups is 1. The highest BCUT2D eigenvalue weighted by atomic mass is 16.6. The van der Waals surface area contributed by atoms with E-state index in [0.717, 1.165) is 10.6 Å².